The summed E-state index contributed by atoms with van der Waals surface area (Å²) in [5.74, 6) is 1.53. The van der Waals surface area contributed by atoms with E-state index in [1.54, 1.807) is 19.5 Å². The first-order valence-electron chi connectivity index (χ1n) is 7.79. The van der Waals surface area contributed by atoms with Crippen molar-refractivity contribution in [1.29, 1.82) is 0 Å². The summed E-state index contributed by atoms with van der Waals surface area (Å²) >= 11 is 0. The molecule has 0 atom stereocenters. The third kappa shape index (κ3) is 3.85. The lowest BCUT2D eigenvalue weighted by molar-refractivity contribution is -0.132. The molecule has 7 heteroatoms. The number of ether oxygens (including phenoxy) is 1. The van der Waals surface area contributed by atoms with Gasteiger partial charge in [0.1, 0.15) is 0 Å². The van der Waals surface area contributed by atoms with Crippen LogP contribution in [-0.2, 0) is 4.79 Å². The van der Waals surface area contributed by atoms with Gasteiger partial charge in [-0.25, -0.2) is 9.97 Å². The summed E-state index contributed by atoms with van der Waals surface area (Å²) in [6.07, 6.45) is 3.30. The molecule has 0 radical (unpaired) electrons. The van der Waals surface area contributed by atoms with E-state index in [-0.39, 0.29) is 5.91 Å². The number of aromatic nitrogens is 2. The summed E-state index contributed by atoms with van der Waals surface area (Å²) in [7, 11) is 1.60. The van der Waals surface area contributed by atoms with Crippen molar-refractivity contribution in [2.75, 3.05) is 57.8 Å². The topological polar surface area (TPSA) is 61.8 Å². The van der Waals surface area contributed by atoms with Crippen molar-refractivity contribution in [2.45, 2.75) is 13.8 Å². The number of piperazine rings is 1. The van der Waals surface area contributed by atoms with Crippen LogP contribution in [0.1, 0.15) is 13.8 Å². The predicted octanol–water partition coefficient (Wildman–Crippen LogP) is 0.476. The number of hydrogen-bond donors (Lipinski definition) is 0. The molecule has 1 fully saturated rings. The van der Waals surface area contributed by atoms with Crippen LogP contribution in [0, 0.1) is 0 Å². The lowest BCUT2D eigenvalue weighted by Crippen LogP contribution is -2.50. The first-order chi connectivity index (χ1) is 10.7. The van der Waals surface area contributed by atoms with Crippen LogP contribution in [0.4, 0.5) is 5.82 Å². The Balaban J connectivity index is 1.89. The Morgan fingerprint density at radius 2 is 1.82 bits per heavy atom. The molecule has 1 saturated heterocycles. The number of amides is 1. The molecule has 0 saturated carbocycles. The third-order valence-electron chi connectivity index (χ3n) is 3.99. The zero-order valence-corrected chi connectivity index (χ0v) is 13.7. The van der Waals surface area contributed by atoms with Gasteiger partial charge in [0, 0.05) is 51.7 Å². The monoisotopic (exact) mass is 307 g/mol. The van der Waals surface area contributed by atoms with Crippen LogP contribution in [0.2, 0.25) is 0 Å². The predicted molar refractivity (Wildman–Crippen MR) is 85.2 cm³/mol. The van der Waals surface area contributed by atoms with Crippen molar-refractivity contribution in [1.82, 2.24) is 19.8 Å². The highest BCUT2D eigenvalue weighted by Crippen LogP contribution is 2.22. The molecule has 0 bridgehead atoms. The fourth-order valence-electron chi connectivity index (χ4n) is 2.66. The minimum absolute atomic E-state index is 0.204. The fourth-order valence-corrected chi connectivity index (χ4v) is 2.66. The quantitative estimate of drug-likeness (QED) is 0.761. The summed E-state index contributed by atoms with van der Waals surface area (Å²) in [5, 5.41) is 0. The molecular weight excluding hydrogens is 282 g/mol. The molecule has 0 spiro atoms. The average Bonchev–Trinajstić information content (AvgIpc) is 2.56. The molecule has 1 aliphatic heterocycles. The maximum Gasteiger partial charge on any atom is 0.257 e. The number of likely N-dealkylation sites (N-methyl/N-ethyl adjacent to an activating group) is 1. The number of nitrogens with zero attached hydrogens (tertiary/aromatic N) is 5. The number of rotatable bonds is 6. The lowest BCUT2D eigenvalue weighted by atomic mass is 10.3. The van der Waals surface area contributed by atoms with Crippen molar-refractivity contribution in [3.8, 4) is 5.88 Å². The van der Waals surface area contributed by atoms with Gasteiger partial charge < -0.3 is 14.5 Å². The summed E-state index contributed by atoms with van der Waals surface area (Å²) in [5.41, 5.74) is 0. The van der Waals surface area contributed by atoms with E-state index in [4.69, 9.17) is 4.74 Å². The molecule has 7 nitrogen and oxygen atoms in total. The lowest BCUT2D eigenvalue weighted by Gasteiger charge is -2.35. The van der Waals surface area contributed by atoms with E-state index in [2.05, 4.69) is 19.8 Å². The van der Waals surface area contributed by atoms with E-state index in [0.717, 1.165) is 45.1 Å². The number of carbonyl (C=O) groups excluding carboxylic acids is 1. The van der Waals surface area contributed by atoms with Gasteiger partial charge in [0.05, 0.1) is 13.7 Å². The van der Waals surface area contributed by atoms with E-state index in [1.807, 2.05) is 18.7 Å². The molecule has 2 rings (SSSR count). The Kier molecular flexibility index (Phi) is 5.94. The smallest absolute Gasteiger partial charge is 0.257 e. The molecule has 1 aromatic rings. The van der Waals surface area contributed by atoms with Crippen LogP contribution < -0.4 is 9.64 Å². The molecule has 0 unspecified atom stereocenters. The number of hydrogen-bond acceptors (Lipinski definition) is 6. The second-order valence-electron chi connectivity index (χ2n) is 5.22. The standard InChI is InChI=1S/C15H25N5O2/c1-4-19(5-2)13(21)12-18-8-10-20(11-9-18)14-15(22-3)17-7-6-16-14/h6-7H,4-5,8-12H2,1-3H3. The molecule has 122 valence electrons. The minimum atomic E-state index is 0.204. The van der Waals surface area contributed by atoms with Crippen molar-refractivity contribution in [2.24, 2.45) is 0 Å². The number of carbonyl (C=O) groups is 1. The van der Waals surface area contributed by atoms with E-state index < -0.39 is 0 Å². The van der Waals surface area contributed by atoms with Gasteiger partial charge in [0.15, 0.2) is 5.82 Å². The zero-order chi connectivity index (χ0) is 15.9. The number of methoxy groups -OCH3 is 1. The first-order valence-corrected chi connectivity index (χ1v) is 7.79. The summed E-state index contributed by atoms with van der Waals surface area (Å²) in [6.45, 7) is 9.38. The first kappa shape index (κ1) is 16.5. The Bertz CT molecular complexity index is 485. The second-order valence-corrected chi connectivity index (χ2v) is 5.22. The maximum absolute atomic E-state index is 12.2. The van der Waals surface area contributed by atoms with Gasteiger partial charge in [-0.05, 0) is 13.8 Å². The van der Waals surface area contributed by atoms with Crippen LogP contribution >= 0.6 is 0 Å². The van der Waals surface area contributed by atoms with Crippen LogP contribution in [0.3, 0.4) is 0 Å². The molecule has 1 amide bonds. The van der Waals surface area contributed by atoms with Gasteiger partial charge in [-0.2, -0.15) is 0 Å². The van der Waals surface area contributed by atoms with Crippen molar-refractivity contribution >= 4 is 11.7 Å². The van der Waals surface area contributed by atoms with Crippen molar-refractivity contribution in [3.05, 3.63) is 12.4 Å². The van der Waals surface area contributed by atoms with E-state index in [1.165, 1.54) is 0 Å². The summed E-state index contributed by atoms with van der Waals surface area (Å²) in [6, 6.07) is 0. The molecule has 22 heavy (non-hydrogen) atoms. The van der Waals surface area contributed by atoms with Gasteiger partial charge in [-0.1, -0.05) is 0 Å². The Hall–Kier alpha value is -1.89. The molecule has 0 N–H and O–H groups in total. The van der Waals surface area contributed by atoms with Crippen LogP contribution in [0.25, 0.3) is 0 Å². The van der Waals surface area contributed by atoms with E-state index in [0.29, 0.717) is 12.4 Å². The Morgan fingerprint density at radius 1 is 1.18 bits per heavy atom. The summed E-state index contributed by atoms with van der Waals surface area (Å²) in [4.78, 5) is 26.9. The van der Waals surface area contributed by atoms with Crippen LogP contribution in [0.5, 0.6) is 5.88 Å². The zero-order valence-electron chi connectivity index (χ0n) is 13.7. The highest BCUT2D eigenvalue weighted by Gasteiger charge is 2.23. The van der Waals surface area contributed by atoms with Crippen LogP contribution in [0.15, 0.2) is 12.4 Å². The fraction of sp³-hybridized carbons (Fsp3) is 0.667. The van der Waals surface area contributed by atoms with Gasteiger partial charge >= 0.3 is 0 Å². The van der Waals surface area contributed by atoms with Gasteiger partial charge in [0.25, 0.3) is 5.88 Å². The molecular formula is C15H25N5O2. The Labute approximate surface area is 131 Å². The van der Waals surface area contributed by atoms with Gasteiger partial charge in [-0.15, -0.1) is 0 Å². The molecule has 2 heterocycles. The van der Waals surface area contributed by atoms with Crippen molar-refractivity contribution in [3.63, 3.8) is 0 Å². The maximum atomic E-state index is 12.2. The largest absolute Gasteiger partial charge is 0.478 e. The molecule has 1 aliphatic rings. The number of anilines is 1. The average molecular weight is 307 g/mol. The van der Waals surface area contributed by atoms with Crippen molar-refractivity contribution < 1.29 is 9.53 Å². The second kappa shape index (κ2) is 7.93. The highest BCUT2D eigenvalue weighted by molar-refractivity contribution is 5.78. The SMILES string of the molecule is CCN(CC)C(=O)CN1CCN(c2nccnc2OC)CC1. The van der Waals surface area contributed by atoms with Gasteiger partial charge in [-0.3, -0.25) is 9.69 Å². The summed E-state index contributed by atoms with van der Waals surface area (Å²) < 4.78 is 5.26. The Morgan fingerprint density at radius 3 is 2.41 bits per heavy atom. The molecule has 1 aromatic heterocycles. The molecule has 0 aromatic carbocycles. The van der Waals surface area contributed by atoms with E-state index in [9.17, 15) is 4.79 Å². The van der Waals surface area contributed by atoms with E-state index >= 15 is 0 Å². The van der Waals surface area contributed by atoms with Crippen LogP contribution in [-0.4, -0.2) is 78.6 Å². The third-order valence-corrected chi connectivity index (χ3v) is 3.99. The molecule has 0 aliphatic carbocycles. The van der Waals surface area contributed by atoms with Gasteiger partial charge in [0.2, 0.25) is 5.91 Å². The minimum Gasteiger partial charge on any atom is -0.478 e. The highest BCUT2D eigenvalue weighted by atomic mass is 16.5. The normalized spacial score (nSPS) is 15.7.